The molecule has 0 aliphatic rings. The number of halogens is 5. The Bertz CT molecular complexity index is 1340. The molecule has 0 fully saturated rings. The summed E-state index contributed by atoms with van der Waals surface area (Å²) in [6, 6.07) is 4.69. The van der Waals surface area contributed by atoms with Crippen LogP contribution >= 0.6 is 23.2 Å². The predicted octanol–water partition coefficient (Wildman–Crippen LogP) is 4.85. The van der Waals surface area contributed by atoms with Crippen LogP contribution in [0.3, 0.4) is 0 Å². The maximum atomic E-state index is 13.0. The number of nitrogens with two attached hydrogens (primary N) is 1. The van der Waals surface area contributed by atoms with Gasteiger partial charge in [0, 0.05) is 24.0 Å². The molecule has 1 aromatic carbocycles. The zero-order valence-electron chi connectivity index (χ0n) is 15.8. The maximum Gasteiger partial charge on any atom is 0.417 e. The van der Waals surface area contributed by atoms with Crippen LogP contribution in [0.4, 0.5) is 13.2 Å². The minimum absolute atomic E-state index is 0.0592. The Morgan fingerprint density at radius 2 is 1.94 bits per heavy atom. The first-order valence-electron chi connectivity index (χ1n) is 8.89. The minimum atomic E-state index is -4.57. The molecule has 0 amide bonds. The molecule has 1 atom stereocenters. The topological polar surface area (TPSA) is 120 Å². The fraction of sp³-hybridized carbons (Fsp3) is 0.158. The van der Waals surface area contributed by atoms with Gasteiger partial charge in [-0.3, -0.25) is 4.79 Å². The molecule has 166 valence electrons. The van der Waals surface area contributed by atoms with Gasteiger partial charge in [-0.1, -0.05) is 34.4 Å². The Morgan fingerprint density at radius 1 is 1.19 bits per heavy atom. The lowest BCUT2D eigenvalue weighted by atomic mass is 10.0. The summed E-state index contributed by atoms with van der Waals surface area (Å²) in [4.78, 5) is 19.2. The molecular weight excluding hydrogens is 474 g/mol. The number of fused-ring (bicyclic) bond motifs is 1. The molecule has 13 heteroatoms. The van der Waals surface area contributed by atoms with E-state index in [1.54, 1.807) is 12.1 Å². The normalized spacial score (nSPS) is 12.9. The third-order valence-corrected chi connectivity index (χ3v) is 5.13. The number of benzene rings is 1. The highest BCUT2D eigenvalue weighted by Crippen LogP contribution is 2.34. The fourth-order valence-corrected chi connectivity index (χ4v) is 3.53. The van der Waals surface area contributed by atoms with Gasteiger partial charge in [-0.25, -0.2) is 4.98 Å². The summed E-state index contributed by atoms with van der Waals surface area (Å²) in [5.41, 5.74) is 6.00. The molecule has 8 nitrogen and oxygen atoms in total. The third-order valence-electron chi connectivity index (χ3n) is 4.54. The number of carboxylic acid groups (broad SMARTS) is 1. The van der Waals surface area contributed by atoms with Crippen molar-refractivity contribution >= 4 is 34.8 Å². The summed E-state index contributed by atoms with van der Waals surface area (Å²) < 4.78 is 45.4. The summed E-state index contributed by atoms with van der Waals surface area (Å²) in [5.74, 6) is -1.01. The average molecular weight is 486 g/mol. The monoisotopic (exact) mass is 485 g/mol. The van der Waals surface area contributed by atoms with E-state index in [1.165, 1.54) is 12.3 Å². The molecule has 0 saturated carbocycles. The van der Waals surface area contributed by atoms with Gasteiger partial charge in [-0.15, -0.1) is 0 Å². The van der Waals surface area contributed by atoms with Gasteiger partial charge < -0.3 is 19.8 Å². The Balaban J connectivity index is 1.66. The summed E-state index contributed by atoms with van der Waals surface area (Å²) >= 11 is 12.2. The van der Waals surface area contributed by atoms with E-state index in [1.807, 2.05) is 0 Å². The van der Waals surface area contributed by atoms with Crippen molar-refractivity contribution in [2.75, 3.05) is 0 Å². The van der Waals surface area contributed by atoms with Crippen molar-refractivity contribution in [2.24, 2.45) is 5.73 Å². The first-order chi connectivity index (χ1) is 15.0. The molecule has 0 radical (unpaired) electrons. The van der Waals surface area contributed by atoms with Crippen LogP contribution in [0.25, 0.3) is 28.6 Å². The van der Waals surface area contributed by atoms with Crippen LogP contribution in [-0.4, -0.2) is 30.6 Å². The van der Waals surface area contributed by atoms with Crippen molar-refractivity contribution in [3.05, 3.63) is 57.8 Å². The molecule has 0 spiro atoms. The standard InChI is InChI=1S/C19H12Cl2F3N5O3/c20-11-3-8(13(25)5-15(30)31)1-2-10(11)16-27-18(32-28-16)14-7-29-6-9(19(22,23)24)4-12(21)17(29)26-14/h1-4,6-7,13H,5,25H2,(H,30,31). The SMILES string of the molecule is NC(CC(=O)O)c1ccc(-c2noc(-c3cn4cc(C(F)(F)F)cc(Cl)c4n3)n2)c(Cl)c1. The van der Waals surface area contributed by atoms with E-state index in [-0.39, 0.29) is 39.5 Å². The van der Waals surface area contributed by atoms with Crippen LogP contribution < -0.4 is 5.73 Å². The fourth-order valence-electron chi connectivity index (χ4n) is 3.00. The molecular formula is C19H12Cl2F3N5O3. The van der Waals surface area contributed by atoms with Crippen LogP contribution in [0, 0.1) is 0 Å². The van der Waals surface area contributed by atoms with E-state index in [2.05, 4.69) is 15.1 Å². The number of hydrogen-bond donors (Lipinski definition) is 2. The highest BCUT2D eigenvalue weighted by Gasteiger charge is 2.32. The van der Waals surface area contributed by atoms with Crippen LogP contribution in [-0.2, 0) is 11.0 Å². The maximum absolute atomic E-state index is 13.0. The number of carboxylic acids is 1. The van der Waals surface area contributed by atoms with Crippen molar-refractivity contribution in [3.63, 3.8) is 0 Å². The van der Waals surface area contributed by atoms with E-state index in [0.717, 1.165) is 16.7 Å². The molecule has 4 aromatic rings. The Hall–Kier alpha value is -3.15. The van der Waals surface area contributed by atoms with Crippen molar-refractivity contribution < 1.29 is 27.6 Å². The van der Waals surface area contributed by atoms with Crippen LogP contribution in [0.1, 0.15) is 23.6 Å². The third kappa shape index (κ3) is 4.27. The van der Waals surface area contributed by atoms with E-state index in [0.29, 0.717) is 11.1 Å². The quantitative estimate of drug-likeness (QED) is 0.414. The van der Waals surface area contributed by atoms with E-state index >= 15 is 0 Å². The minimum Gasteiger partial charge on any atom is -0.481 e. The first kappa shape index (κ1) is 22.1. The smallest absolute Gasteiger partial charge is 0.417 e. The number of carbonyl (C=O) groups is 1. The van der Waals surface area contributed by atoms with Gasteiger partial charge in [0.1, 0.15) is 5.69 Å². The van der Waals surface area contributed by atoms with Crippen molar-refractivity contribution in [3.8, 4) is 23.0 Å². The van der Waals surface area contributed by atoms with Gasteiger partial charge in [-0.2, -0.15) is 18.2 Å². The first-order valence-corrected chi connectivity index (χ1v) is 9.65. The second-order valence-corrected chi connectivity index (χ2v) is 7.61. The van der Waals surface area contributed by atoms with Crippen molar-refractivity contribution in [1.82, 2.24) is 19.5 Å². The number of rotatable bonds is 5. The summed E-state index contributed by atoms with van der Waals surface area (Å²) in [6.07, 6.45) is -2.71. The van der Waals surface area contributed by atoms with Gasteiger partial charge in [0.15, 0.2) is 5.65 Å². The van der Waals surface area contributed by atoms with E-state index < -0.39 is 23.8 Å². The molecule has 4 rings (SSSR count). The molecule has 32 heavy (non-hydrogen) atoms. The van der Waals surface area contributed by atoms with Crippen LogP contribution in [0.2, 0.25) is 10.0 Å². The number of hydrogen-bond acceptors (Lipinski definition) is 6. The number of aliphatic carboxylic acids is 1. The number of nitrogens with zero attached hydrogens (tertiary/aromatic N) is 4. The van der Waals surface area contributed by atoms with Crippen molar-refractivity contribution in [2.45, 2.75) is 18.6 Å². The second kappa shape index (κ2) is 8.08. The largest absolute Gasteiger partial charge is 0.481 e. The van der Waals surface area contributed by atoms with Gasteiger partial charge in [-0.05, 0) is 23.8 Å². The lowest BCUT2D eigenvalue weighted by Crippen LogP contribution is -2.14. The lowest BCUT2D eigenvalue weighted by molar-refractivity contribution is -0.138. The van der Waals surface area contributed by atoms with Crippen LogP contribution in [0.15, 0.2) is 41.2 Å². The van der Waals surface area contributed by atoms with E-state index in [9.17, 15) is 18.0 Å². The Morgan fingerprint density at radius 3 is 2.59 bits per heavy atom. The summed E-state index contributed by atoms with van der Waals surface area (Å²) in [7, 11) is 0. The number of imidazole rings is 1. The van der Waals surface area contributed by atoms with Gasteiger partial charge in [0.25, 0.3) is 5.89 Å². The number of pyridine rings is 1. The van der Waals surface area contributed by atoms with E-state index in [4.69, 9.17) is 38.6 Å². The van der Waals surface area contributed by atoms with Gasteiger partial charge in [0.2, 0.25) is 5.82 Å². The second-order valence-electron chi connectivity index (χ2n) is 6.80. The van der Waals surface area contributed by atoms with Gasteiger partial charge in [0.05, 0.1) is 22.0 Å². The molecule has 1 unspecified atom stereocenters. The zero-order chi connectivity index (χ0) is 23.2. The zero-order valence-corrected chi connectivity index (χ0v) is 17.3. The molecule has 0 aliphatic heterocycles. The number of aromatic nitrogens is 4. The summed E-state index contributed by atoms with van der Waals surface area (Å²) in [5, 5.41) is 12.7. The molecule has 0 saturated heterocycles. The Kier molecular flexibility index (Phi) is 5.57. The predicted molar refractivity (Wildman–Crippen MR) is 108 cm³/mol. The molecule has 3 N–H and O–H groups in total. The number of alkyl halides is 3. The molecule has 3 aromatic heterocycles. The van der Waals surface area contributed by atoms with Crippen LogP contribution in [0.5, 0.6) is 0 Å². The molecule has 3 heterocycles. The molecule has 0 bridgehead atoms. The summed E-state index contributed by atoms with van der Waals surface area (Å²) in [6.45, 7) is 0. The average Bonchev–Trinajstić information content (AvgIpc) is 3.33. The highest BCUT2D eigenvalue weighted by atomic mass is 35.5. The van der Waals surface area contributed by atoms with Gasteiger partial charge >= 0.3 is 12.1 Å². The van der Waals surface area contributed by atoms with Crippen molar-refractivity contribution in [1.29, 1.82) is 0 Å². The lowest BCUT2D eigenvalue weighted by Gasteiger charge is -2.10. The molecule has 0 aliphatic carbocycles. The highest BCUT2D eigenvalue weighted by molar-refractivity contribution is 6.33. The Labute approximate surface area is 187 Å².